The molecule has 21 heavy (non-hydrogen) atoms. The molecule has 110 valence electrons. The number of nitrogens with one attached hydrogen (secondary N) is 1. The predicted octanol–water partition coefficient (Wildman–Crippen LogP) is 3.26. The highest BCUT2D eigenvalue weighted by Crippen LogP contribution is 2.40. The van der Waals surface area contributed by atoms with Crippen molar-refractivity contribution in [3.63, 3.8) is 0 Å². The fourth-order valence-electron chi connectivity index (χ4n) is 2.57. The summed E-state index contributed by atoms with van der Waals surface area (Å²) >= 11 is 3.64. The molecule has 0 saturated heterocycles. The van der Waals surface area contributed by atoms with Crippen molar-refractivity contribution in [1.82, 2.24) is 9.97 Å². The minimum absolute atomic E-state index is 0.828. The first-order valence-corrected chi connectivity index (χ1v) is 7.83. The molecule has 1 N–H and O–H groups in total. The number of nitrogens with zero attached hydrogens (tertiary/aromatic N) is 4. The van der Waals surface area contributed by atoms with Gasteiger partial charge in [0.15, 0.2) is 5.82 Å². The lowest BCUT2D eigenvalue weighted by molar-refractivity contribution is 0.810. The first-order chi connectivity index (χ1) is 10.2. The zero-order valence-corrected chi connectivity index (χ0v) is 13.8. The van der Waals surface area contributed by atoms with Crippen LogP contribution in [0.3, 0.4) is 0 Å². The highest BCUT2D eigenvalue weighted by Gasteiger charge is 2.24. The van der Waals surface area contributed by atoms with Gasteiger partial charge in [-0.05, 0) is 35.0 Å². The van der Waals surface area contributed by atoms with E-state index >= 15 is 0 Å². The van der Waals surface area contributed by atoms with Crippen LogP contribution in [-0.2, 0) is 0 Å². The number of para-hydroxylation sites is 2. The molecular weight excluding hydrogens is 330 g/mol. The van der Waals surface area contributed by atoms with Gasteiger partial charge in [-0.3, -0.25) is 0 Å². The molecule has 2 aromatic rings. The molecule has 0 fully saturated rings. The van der Waals surface area contributed by atoms with E-state index in [4.69, 9.17) is 0 Å². The van der Waals surface area contributed by atoms with Gasteiger partial charge in [-0.15, -0.1) is 0 Å². The summed E-state index contributed by atoms with van der Waals surface area (Å²) in [6, 6.07) is 8.40. The van der Waals surface area contributed by atoms with Gasteiger partial charge in [0.25, 0.3) is 0 Å². The summed E-state index contributed by atoms with van der Waals surface area (Å²) in [6.07, 6.45) is 1.61. The molecule has 1 aromatic heterocycles. The van der Waals surface area contributed by atoms with Crippen LogP contribution in [0.15, 0.2) is 35.1 Å². The molecule has 0 unspecified atom stereocenters. The Hall–Kier alpha value is -1.82. The number of anilines is 4. The molecule has 0 aliphatic carbocycles. The number of hydrogen-bond donors (Lipinski definition) is 1. The second kappa shape index (κ2) is 5.89. The maximum absolute atomic E-state index is 4.48. The van der Waals surface area contributed by atoms with Crippen LogP contribution in [0, 0.1) is 0 Å². The molecule has 0 amide bonds. The highest BCUT2D eigenvalue weighted by atomic mass is 79.9. The smallest absolute Gasteiger partial charge is 0.153 e. The first-order valence-electron chi connectivity index (χ1n) is 7.04. The molecule has 1 aliphatic heterocycles. The zero-order chi connectivity index (χ0) is 14.8. The Bertz CT molecular complexity index is 646. The fraction of sp³-hybridized carbons (Fsp3) is 0.333. The number of halogens is 1. The molecule has 0 bridgehead atoms. The second-order valence-corrected chi connectivity index (χ2v) is 5.75. The van der Waals surface area contributed by atoms with Crippen molar-refractivity contribution >= 4 is 38.9 Å². The average Bonchev–Trinajstić information content (AvgIpc) is 2.51. The molecule has 0 atom stereocenters. The van der Waals surface area contributed by atoms with Crippen LogP contribution in [-0.4, -0.2) is 36.6 Å². The molecule has 1 aromatic carbocycles. The second-order valence-electron chi connectivity index (χ2n) is 4.95. The normalized spacial score (nSPS) is 14.0. The average molecular weight is 348 g/mol. The summed E-state index contributed by atoms with van der Waals surface area (Å²) in [5, 5.41) is 3.25. The number of benzene rings is 1. The Balaban J connectivity index is 2.06. The van der Waals surface area contributed by atoms with Crippen molar-refractivity contribution in [3.05, 3.63) is 35.1 Å². The highest BCUT2D eigenvalue weighted by molar-refractivity contribution is 9.10. The van der Waals surface area contributed by atoms with Gasteiger partial charge < -0.3 is 15.1 Å². The Morgan fingerprint density at radius 3 is 2.71 bits per heavy atom. The SMILES string of the molecule is CCNc1ncnc(N2CCN(C)c3ccccc32)c1Br. The van der Waals surface area contributed by atoms with E-state index in [-0.39, 0.29) is 0 Å². The predicted molar refractivity (Wildman–Crippen MR) is 90.6 cm³/mol. The minimum atomic E-state index is 0.828. The molecule has 2 heterocycles. The quantitative estimate of drug-likeness (QED) is 0.923. The van der Waals surface area contributed by atoms with Gasteiger partial charge in [0.05, 0.1) is 11.4 Å². The van der Waals surface area contributed by atoms with Crippen LogP contribution in [0.1, 0.15) is 6.92 Å². The number of likely N-dealkylation sites (N-methyl/N-ethyl adjacent to an activating group) is 1. The van der Waals surface area contributed by atoms with Gasteiger partial charge in [0, 0.05) is 26.7 Å². The third-order valence-corrected chi connectivity index (χ3v) is 4.34. The Morgan fingerprint density at radius 2 is 1.95 bits per heavy atom. The monoisotopic (exact) mass is 347 g/mol. The molecule has 5 nitrogen and oxygen atoms in total. The van der Waals surface area contributed by atoms with Gasteiger partial charge in [-0.1, -0.05) is 12.1 Å². The third kappa shape index (κ3) is 2.55. The maximum atomic E-state index is 4.48. The van der Waals surface area contributed by atoms with E-state index in [0.29, 0.717) is 0 Å². The van der Waals surface area contributed by atoms with Gasteiger partial charge in [-0.2, -0.15) is 0 Å². The standard InChI is InChI=1S/C15H18BrN5/c1-3-17-14-13(16)15(19-10-18-14)21-9-8-20(2)11-6-4-5-7-12(11)21/h4-7,10H,3,8-9H2,1-2H3,(H,17,18,19). The van der Waals surface area contributed by atoms with Crippen LogP contribution < -0.4 is 15.1 Å². The molecular formula is C15H18BrN5. The van der Waals surface area contributed by atoms with Crippen LogP contribution in [0.25, 0.3) is 0 Å². The summed E-state index contributed by atoms with van der Waals surface area (Å²) in [6.45, 7) is 4.74. The topological polar surface area (TPSA) is 44.3 Å². The van der Waals surface area contributed by atoms with Crippen molar-refractivity contribution in [2.75, 3.05) is 41.8 Å². The lowest BCUT2D eigenvalue weighted by Crippen LogP contribution is -2.37. The van der Waals surface area contributed by atoms with E-state index in [9.17, 15) is 0 Å². The van der Waals surface area contributed by atoms with Gasteiger partial charge in [-0.25, -0.2) is 9.97 Å². The molecule has 6 heteroatoms. The Kier molecular flexibility index (Phi) is 3.96. The van der Waals surface area contributed by atoms with Crippen molar-refractivity contribution in [1.29, 1.82) is 0 Å². The molecule has 0 saturated carbocycles. The Labute approximate surface area is 133 Å². The van der Waals surface area contributed by atoms with Crippen LogP contribution >= 0.6 is 15.9 Å². The summed E-state index contributed by atoms with van der Waals surface area (Å²) in [4.78, 5) is 13.3. The van der Waals surface area contributed by atoms with E-state index < -0.39 is 0 Å². The lowest BCUT2D eigenvalue weighted by Gasteiger charge is -2.36. The van der Waals surface area contributed by atoms with Gasteiger partial charge in [0.1, 0.15) is 16.6 Å². The van der Waals surface area contributed by atoms with Gasteiger partial charge in [0.2, 0.25) is 0 Å². The van der Waals surface area contributed by atoms with E-state index in [1.54, 1.807) is 6.33 Å². The van der Waals surface area contributed by atoms with Gasteiger partial charge >= 0.3 is 0 Å². The van der Waals surface area contributed by atoms with E-state index in [0.717, 1.165) is 35.7 Å². The van der Waals surface area contributed by atoms with Crippen LogP contribution in [0.2, 0.25) is 0 Å². The van der Waals surface area contributed by atoms with Crippen LogP contribution in [0.5, 0.6) is 0 Å². The third-order valence-electron chi connectivity index (χ3n) is 3.61. The van der Waals surface area contributed by atoms with Crippen molar-refractivity contribution < 1.29 is 0 Å². The first kappa shape index (κ1) is 14.1. The van der Waals surface area contributed by atoms with Crippen LogP contribution in [0.4, 0.5) is 23.0 Å². The van der Waals surface area contributed by atoms with Crippen molar-refractivity contribution in [2.45, 2.75) is 6.92 Å². The zero-order valence-electron chi connectivity index (χ0n) is 12.2. The van der Waals surface area contributed by atoms with E-state index in [1.165, 1.54) is 11.4 Å². The number of aromatic nitrogens is 2. The number of rotatable bonds is 3. The maximum Gasteiger partial charge on any atom is 0.153 e. The number of fused-ring (bicyclic) bond motifs is 1. The summed E-state index contributed by atoms with van der Waals surface area (Å²) in [5.74, 6) is 1.74. The summed E-state index contributed by atoms with van der Waals surface area (Å²) in [5.41, 5.74) is 2.40. The fourth-order valence-corrected chi connectivity index (χ4v) is 3.12. The number of hydrogen-bond acceptors (Lipinski definition) is 5. The molecule has 3 rings (SSSR count). The molecule has 0 radical (unpaired) electrons. The van der Waals surface area contributed by atoms with Crippen molar-refractivity contribution in [3.8, 4) is 0 Å². The Morgan fingerprint density at radius 1 is 1.19 bits per heavy atom. The summed E-state index contributed by atoms with van der Waals surface area (Å²) < 4.78 is 0.909. The molecule has 0 spiro atoms. The van der Waals surface area contributed by atoms with Crippen molar-refractivity contribution in [2.24, 2.45) is 0 Å². The minimum Gasteiger partial charge on any atom is -0.371 e. The van der Waals surface area contributed by atoms with E-state index in [2.05, 4.69) is 79.3 Å². The van der Waals surface area contributed by atoms with E-state index in [1.807, 2.05) is 0 Å². The summed E-state index contributed by atoms with van der Waals surface area (Å²) in [7, 11) is 2.12. The lowest BCUT2D eigenvalue weighted by atomic mass is 10.1. The molecule has 1 aliphatic rings. The largest absolute Gasteiger partial charge is 0.371 e.